The number of rotatable bonds is 1. The second-order valence-electron chi connectivity index (χ2n) is 2.96. The van der Waals surface area contributed by atoms with Gasteiger partial charge in [0.2, 0.25) is 5.82 Å². The number of hydrogen-bond acceptors (Lipinski definition) is 4. The molecule has 0 saturated heterocycles. The van der Waals surface area contributed by atoms with Crippen molar-refractivity contribution < 1.29 is 9.53 Å². The number of esters is 1. The lowest BCUT2D eigenvalue weighted by Crippen LogP contribution is -2.08. The summed E-state index contributed by atoms with van der Waals surface area (Å²) in [4.78, 5) is 19.3. The molecule has 0 aliphatic heterocycles. The summed E-state index contributed by atoms with van der Waals surface area (Å²) in [5.74, 6) is -0.285. The number of carbonyl (C=O) groups is 1. The minimum absolute atomic E-state index is 0.211. The zero-order valence-corrected chi connectivity index (χ0v) is 8.95. The molecule has 5 nitrogen and oxygen atoms in total. The Kier molecular flexibility index (Phi) is 2.32. The van der Waals surface area contributed by atoms with Crippen molar-refractivity contribution in [1.82, 2.24) is 14.5 Å². The van der Waals surface area contributed by atoms with Crippen LogP contribution in [0.25, 0.3) is 11.0 Å². The van der Waals surface area contributed by atoms with Gasteiger partial charge in [-0.15, -0.1) is 0 Å². The molecule has 2 aromatic rings. The summed E-state index contributed by atoms with van der Waals surface area (Å²) in [6.45, 7) is 0. The van der Waals surface area contributed by atoms with Gasteiger partial charge in [0.1, 0.15) is 5.52 Å². The minimum Gasteiger partial charge on any atom is -0.463 e. The van der Waals surface area contributed by atoms with Gasteiger partial charge in [-0.2, -0.15) is 0 Å². The van der Waals surface area contributed by atoms with Crippen LogP contribution >= 0.6 is 11.6 Å². The van der Waals surface area contributed by atoms with E-state index in [2.05, 4.69) is 14.7 Å². The van der Waals surface area contributed by atoms with Crippen molar-refractivity contribution in [1.29, 1.82) is 0 Å². The van der Waals surface area contributed by atoms with Crippen molar-refractivity contribution in [2.45, 2.75) is 0 Å². The van der Waals surface area contributed by atoms with Crippen molar-refractivity contribution in [2.24, 2.45) is 7.05 Å². The van der Waals surface area contributed by atoms with Crippen molar-refractivity contribution in [3.05, 3.63) is 23.2 Å². The van der Waals surface area contributed by atoms with Crippen LogP contribution in [0.3, 0.4) is 0 Å². The highest BCUT2D eigenvalue weighted by Gasteiger charge is 2.17. The Labute approximate surface area is 90.6 Å². The molecule has 2 rings (SSSR count). The number of hydrogen-bond donors (Lipinski definition) is 0. The fraction of sp³-hybridized carbons (Fsp3) is 0.222. The molecule has 0 aliphatic carbocycles. The van der Waals surface area contributed by atoms with Crippen LogP contribution in [-0.4, -0.2) is 27.6 Å². The Balaban J connectivity index is 2.75. The summed E-state index contributed by atoms with van der Waals surface area (Å²) in [7, 11) is 3.03. The number of methoxy groups -OCH3 is 1. The number of aromatic nitrogens is 3. The van der Waals surface area contributed by atoms with E-state index in [1.807, 2.05) is 0 Å². The smallest absolute Gasteiger partial charge is 0.374 e. The van der Waals surface area contributed by atoms with Gasteiger partial charge in [0.05, 0.1) is 12.6 Å². The normalized spacial score (nSPS) is 10.6. The van der Waals surface area contributed by atoms with E-state index in [0.717, 1.165) is 5.52 Å². The maximum Gasteiger partial charge on any atom is 0.374 e. The van der Waals surface area contributed by atoms with Gasteiger partial charge < -0.3 is 9.30 Å². The lowest BCUT2D eigenvalue weighted by molar-refractivity contribution is 0.0583. The molecule has 2 aromatic heterocycles. The Bertz CT molecular complexity index is 535. The van der Waals surface area contributed by atoms with E-state index in [1.54, 1.807) is 23.9 Å². The van der Waals surface area contributed by atoms with Gasteiger partial charge in [0, 0.05) is 13.2 Å². The van der Waals surface area contributed by atoms with E-state index in [-0.39, 0.29) is 11.0 Å². The van der Waals surface area contributed by atoms with E-state index in [4.69, 9.17) is 11.6 Å². The number of carbonyl (C=O) groups excluding carboxylic acids is 1. The van der Waals surface area contributed by atoms with E-state index in [1.165, 1.54) is 7.11 Å². The first-order valence-corrected chi connectivity index (χ1v) is 4.58. The standard InChI is InChI=1S/C9H8ClN3O2/c1-13-5-3-4-11-7(10)6(5)12-8(13)9(14)15-2/h3-4H,1-2H3. The van der Waals surface area contributed by atoms with Crippen molar-refractivity contribution in [3.8, 4) is 0 Å². The summed E-state index contributed by atoms with van der Waals surface area (Å²) in [5, 5.41) is 0.276. The Hall–Kier alpha value is -1.62. The van der Waals surface area contributed by atoms with Crippen LogP contribution in [-0.2, 0) is 11.8 Å². The van der Waals surface area contributed by atoms with Crippen LogP contribution in [0.2, 0.25) is 5.15 Å². The van der Waals surface area contributed by atoms with E-state index in [0.29, 0.717) is 5.52 Å². The average Bonchev–Trinajstić information content (AvgIpc) is 2.57. The van der Waals surface area contributed by atoms with Gasteiger partial charge in [-0.05, 0) is 6.07 Å². The van der Waals surface area contributed by atoms with Gasteiger partial charge in [-0.1, -0.05) is 11.6 Å². The van der Waals surface area contributed by atoms with Crippen LogP contribution in [0.15, 0.2) is 12.3 Å². The fourth-order valence-corrected chi connectivity index (χ4v) is 1.56. The second kappa shape index (κ2) is 3.51. The predicted molar refractivity (Wildman–Crippen MR) is 54.9 cm³/mol. The molecule has 15 heavy (non-hydrogen) atoms. The van der Waals surface area contributed by atoms with Crippen LogP contribution in [0.5, 0.6) is 0 Å². The summed E-state index contributed by atoms with van der Waals surface area (Å²) >= 11 is 5.85. The number of nitrogens with zero attached hydrogens (tertiary/aromatic N) is 3. The predicted octanol–water partition coefficient (Wildman–Crippen LogP) is 1.41. The molecule has 0 unspecified atom stereocenters. The van der Waals surface area contributed by atoms with Crippen LogP contribution in [0.4, 0.5) is 0 Å². The first-order valence-electron chi connectivity index (χ1n) is 4.20. The third kappa shape index (κ3) is 1.45. The highest BCUT2D eigenvalue weighted by Crippen LogP contribution is 2.20. The molecule has 0 atom stereocenters. The van der Waals surface area contributed by atoms with Crippen LogP contribution in [0, 0.1) is 0 Å². The summed E-state index contributed by atoms with van der Waals surface area (Å²) in [6.07, 6.45) is 1.56. The number of imidazole rings is 1. The molecule has 78 valence electrons. The molecule has 0 spiro atoms. The first kappa shape index (κ1) is 9.92. The third-order valence-corrected chi connectivity index (χ3v) is 2.40. The SMILES string of the molecule is COC(=O)c1nc2c(Cl)nccc2n1C. The van der Waals surface area contributed by atoms with Crippen LogP contribution in [0.1, 0.15) is 10.6 Å². The molecule has 0 saturated carbocycles. The topological polar surface area (TPSA) is 57.0 Å². The number of fused-ring (bicyclic) bond motifs is 1. The van der Waals surface area contributed by atoms with E-state index >= 15 is 0 Å². The molecule has 2 heterocycles. The molecule has 0 bridgehead atoms. The Morgan fingerprint density at radius 3 is 2.93 bits per heavy atom. The average molecular weight is 226 g/mol. The summed E-state index contributed by atoms with van der Waals surface area (Å²) in [5.41, 5.74) is 1.25. The number of aryl methyl sites for hydroxylation is 1. The van der Waals surface area contributed by atoms with Gasteiger partial charge in [0.15, 0.2) is 5.15 Å². The third-order valence-electron chi connectivity index (χ3n) is 2.12. The largest absolute Gasteiger partial charge is 0.463 e. The molecular weight excluding hydrogens is 218 g/mol. The summed E-state index contributed by atoms with van der Waals surface area (Å²) < 4.78 is 6.22. The second-order valence-corrected chi connectivity index (χ2v) is 3.31. The maximum absolute atomic E-state index is 11.3. The van der Waals surface area contributed by atoms with Gasteiger partial charge >= 0.3 is 5.97 Å². The zero-order valence-electron chi connectivity index (χ0n) is 8.19. The van der Waals surface area contributed by atoms with Crippen LogP contribution < -0.4 is 0 Å². The Morgan fingerprint density at radius 1 is 1.60 bits per heavy atom. The van der Waals surface area contributed by atoms with Gasteiger partial charge in [0.25, 0.3) is 0 Å². The fourth-order valence-electron chi connectivity index (χ4n) is 1.36. The minimum atomic E-state index is -0.496. The zero-order chi connectivity index (χ0) is 11.0. The lowest BCUT2D eigenvalue weighted by Gasteiger charge is -1.98. The summed E-state index contributed by atoms with van der Waals surface area (Å²) in [6, 6.07) is 1.74. The molecule has 0 radical (unpaired) electrons. The molecule has 0 amide bonds. The van der Waals surface area contributed by atoms with E-state index in [9.17, 15) is 4.79 Å². The molecule has 6 heteroatoms. The quantitative estimate of drug-likeness (QED) is 0.544. The molecule has 0 aliphatic rings. The molecule has 0 aromatic carbocycles. The number of ether oxygens (including phenoxy) is 1. The highest BCUT2D eigenvalue weighted by atomic mass is 35.5. The first-order chi connectivity index (χ1) is 7.15. The van der Waals surface area contributed by atoms with E-state index < -0.39 is 5.97 Å². The molecule has 0 fully saturated rings. The van der Waals surface area contributed by atoms with Gasteiger partial charge in [-0.25, -0.2) is 14.8 Å². The number of pyridine rings is 1. The highest BCUT2D eigenvalue weighted by molar-refractivity contribution is 6.33. The maximum atomic E-state index is 11.3. The van der Waals surface area contributed by atoms with Gasteiger partial charge in [-0.3, -0.25) is 0 Å². The van der Waals surface area contributed by atoms with Crippen molar-refractivity contribution >= 4 is 28.6 Å². The molecule has 0 N–H and O–H groups in total. The lowest BCUT2D eigenvalue weighted by atomic mass is 10.4. The Morgan fingerprint density at radius 2 is 2.33 bits per heavy atom. The molecular formula is C9H8ClN3O2. The van der Waals surface area contributed by atoms with Crippen molar-refractivity contribution in [2.75, 3.05) is 7.11 Å². The number of halogens is 1. The monoisotopic (exact) mass is 225 g/mol. The van der Waals surface area contributed by atoms with Crippen molar-refractivity contribution in [3.63, 3.8) is 0 Å².